The van der Waals surface area contributed by atoms with Crippen LogP contribution in [0, 0.1) is 20.2 Å². The Kier molecular flexibility index (Phi) is 5.56. The van der Waals surface area contributed by atoms with Gasteiger partial charge in [-0.05, 0) is 12.1 Å². The van der Waals surface area contributed by atoms with Crippen LogP contribution in [0.4, 0.5) is 22.7 Å². The second-order valence-corrected chi connectivity index (χ2v) is 5.01. The minimum absolute atomic E-state index is 0.0279. The molecule has 0 fully saturated rings. The molecule has 0 saturated heterocycles. The SMILES string of the molecule is Nc1cc(OCCCOc2ccc([N+](=O)[O-])c(N)c2)ccc1[N+](=O)[O-]. The first-order valence-electron chi connectivity index (χ1n) is 7.22. The van der Waals surface area contributed by atoms with Gasteiger partial charge in [0.2, 0.25) is 0 Å². The molecule has 10 nitrogen and oxygen atoms in total. The van der Waals surface area contributed by atoms with E-state index in [9.17, 15) is 20.2 Å². The van der Waals surface area contributed by atoms with Crippen LogP contribution in [0.15, 0.2) is 36.4 Å². The minimum atomic E-state index is -0.567. The van der Waals surface area contributed by atoms with Crippen molar-refractivity contribution < 1.29 is 19.3 Å². The molecule has 0 aliphatic carbocycles. The van der Waals surface area contributed by atoms with E-state index >= 15 is 0 Å². The topological polar surface area (TPSA) is 157 Å². The number of nitrogen functional groups attached to an aromatic ring is 2. The van der Waals surface area contributed by atoms with E-state index in [2.05, 4.69) is 0 Å². The van der Waals surface area contributed by atoms with Crippen molar-refractivity contribution in [2.75, 3.05) is 24.7 Å². The van der Waals surface area contributed by atoms with E-state index in [-0.39, 0.29) is 22.7 Å². The summed E-state index contributed by atoms with van der Waals surface area (Å²) in [6.07, 6.45) is 0.522. The molecule has 0 unspecified atom stereocenters. The van der Waals surface area contributed by atoms with Crippen LogP contribution in [0.5, 0.6) is 11.5 Å². The van der Waals surface area contributed by atoms with Crippen LogP contribution in [-0.4, -0.2) is 23.1 Å². The maximum atomic E-state index is 10.7. The Hall–Kier alpha value is -3.56. The van der Waals surface area contributed by atoms with Gasteiger partial charge in [0.1, 0.15) is 22.9 Å². The third-order valence-electron chi connectivity index (χ3n) is 3.22. The molecule has 0 aliphatic rings. The number of benzene rings is 2. The van der Waals surface area contributed by atoms with Crippen LogP contribution in [-0.2, 0) is 0 Å². The molecule has 0 saturated carbocycles. The van der Waals surface area contributed by atoms with Crippen LogP contribution < -0.4 is 20.9 Å². The summed E-state index contributed by atoms with van der Waals surface area (Å²) in [7, 11) is 0. The second-order valence-electron chi connectivity index (χ2n) is 5.01. The standard InChI is InChI=1S/C15H16N4O6/c16-12-8-10(2-4-14(12)18(20)21)24-6-1-7-25-11-3-5-15(19(22)23)13(17)9-11/h2-5,8-9H,1,6-7,16-17H2. The summed E-state index contributed by atoms with van der Waals surface area (Å²) in [5, 5.41) is 21.3. The summed E-state index contributed by atoms with van der Waals surface area (Å²) in [5.74, 6) is 0.838. The van der Waals surface area contributed by atoms with Gasteiger partial charge in [-0.1, -0.05) is 0 Å². The summed E-state index contributed by atoms with van der Waals surface area (Å²) in [6.45, 7) is 0.611. The lowest BCUT2D eigenvalue weighted by Crippen LogP contribution is -2.06. The third kappa shape index (κ3) is 4.70. The molecule has 0 atom stereocenters. The van der Waals surface area contributed by atoms with E-state index in [0.717, 1.165) is 0 Å². The number of nitro benzene ring substituents is 2. The van der Waals surface area contributed by atoms with Crippen molar-refractivity contribution in [1.29, 1.82) is 0 Å². The first kappa shape index (κ1) is 17.8. The fraction of sp³-hybridized carbons (Fsp3) is 0.200. The van der Waals surface area contributed by atoms with Crippen molar-refractivity contribution in [1.82, 2.24) is 0 Å². The van der Waals surface area contributed by atoms with Crippen molar-refractivity contribution in [2.45, 2.75) is 6.42 Å². The van der Waals surface area contributed by atoms with Crippen molar-refractivity contribution in [3.63, 3.8) is 0 Å². The van der Waals surface area contributed by atoms with Crippen LogP contribution in [0.2, 0.25) is 0 Å². The van der Waals surface area contributed by atoms with E-state index in [1.54, 1.807) is 0 Å². The number of rotatable bonds is 8. The summed E-state index contributed by atoms with van der Waals surface area (Å²) < 4.78 is 10.9. The Morgan fingerprint density at radius 1 is 0.800 bits per heavy atom. The molecule has 2 aromatic carbocycles. The lowest BCUT2D eigenvalue weighted by atomic mass is 10.2. The van der Waals surface area contributed by atoms with Crippen molar-refractivity contribution in [3.05, 3.63) is 56.6 Å². The smallest absolute Gasteiger partial charge is 0.292 e. The summed E-state index contributed by atoms with van der Waals surface area (Å²) >= 11 is 0. The van der Waals surface area contributed by atoms with Gasteiger partial charge in [0.25, 0.3) is 11.4 Å². The van der Waals surface area contributed by atoms with Gasteiger partial charge in [0.05, 0.1) is 23.1 Å². The van der Waals surface area contributed by atoms with E-state index in [1.165, 1.54) is 36.4 Å². The molecule has 0 radical (unpaired) electrons. The lowest BCUT2D eigenvalue weighted by molar-refractivity contribution is -0.384. The highest BCUT2D eigenvalue weighted by atomic mass is 16.6. The van der Waals surface area contributed by atoms with Gasteiger partial charge in [0.15, 0.2) is 0 Å². The van der Waals surface area contributed by atoms with E-state index in [0.29, 0.717) is 31.1 Å². The van der Waals surface area contributed by atoms with E-state index in [1.807, 2.05) is 0 Å². The van der Waals surface area contributed by atoms with Gasteiger partial charge in [-0.2, -0.15) is 0 Å². The average molecular weight is 348 g/mol. The molecular formula is C15H16N4O6. The number of hydrogen-bond acceptors (Lipinski definition) is 8. The first-order chi connectivity index (χ1) is 11.9. The molecule has 4 N–H and O–H groups in total. The maximum Gasteiger partial charge on any atom is 0.292 e. The number of nitrogens with two attached hydrogens (primary N) is 2. The van der Waals surface area contributed by atoms with Gasteiger partial charge in [-0.3, -0.25) is 20.2 Å². The first-order valence-corrected chi connectivity index (χ1v) is 7.22. The monoisotopic (exact) mass is 348 g/mol. The molecule has 132 valence electrons. The van der Waals surface area contributed by atoms with Crippen LogP contribution in [0.1, 0.15) is 6.42 Å². The van der Waals surface area contributed by atoms with Gasteiger partial charge < -0.3 is 20.9 Å². The maximum absolute atomic E-state index is 10.7. The molecule has 2 rings (SSSR count). The minimum Gasteiger partial charge on any atom is -0.493 e. The van der Waals surface area contributed by atoms with Crippen molar-refractivity contribution >= 4 is 22.7 Å². The molecular weight excluding hydrogens is 332 g/mol. The Balaban J connectivity index is 1.78. The van der Waals surface area contributed by atoms with E-state index < -0.39 is 9.85 Å². The number of anilines is 2. The average Bonchev–Trinajstić information content (AvgIpc) is 2.54. The molecule has 0 aromatic heterocycles. The number of nitro groups is 2. The van der Waals surface area contributed by atoms with Gasteiger partial charge in [-0.15, -0.1) is 0 Å². The number of ether oxygens (including phenoxy) is 2. The van der Waals surface area contributed by atoms with Crippen LogP contribution in [0.25, 0.3) is 0 Å². The van der Waals surface area contributed by atoms with E-state index in [4.69, 9.17) is 20.9 Å². The predicted octanol–water partition coefficient (Wildman–Crippen LogP) is 2.52. The Labute approximate surface area is 142 Å². The fourth-order valence-electron chi connectivity index (χ4n) is 2.02. The number of hydrogen-bond donors (Lipinski definition) is 2. The molecule has 0 amide bonds. The van der Waals surface area contributed by atoms with Crippen LogP contribution in [0.3, 0.4) is 0 Å². The zero-order valence-electron chi connectivity index (χ0n) is 13.1. The van der Waals surface area contributed by atoms with Gasteiger partial charge in [-0.25, -0.2) is 0 Å². The van der Waals surface area contributed by atoms with Gasteiger partial charge in [0, 0.05) is 30.7 Å². The number of nitrogens with zero attached hydrogens (tertiary/aromatic N) is 2. The largest absolute Gasteiger partial charge is 0.493 e. The normalized spacial score (nSPS) is 10.2. The predicted molar refractivity (Wildman–Crippen MR) is 90.6 cm³/mol. The zero-order chi connectivity index (χ0) is 18.4. The molecule has 0 heterocycles. The molecule has 25 heavy (non-hydrogen) atoms. The van der Waals surface area contributed by atoms with Gasteiger partial charge >= 0.3 is 0 Å². The fourth-order valence-corrected chi connectivity index (χ4v) is 2.02. The summed E-state index contributed by atoms with van der Waals surface area (Å²) in [5.41, 5.74) is 10.8. The molecule has 2 aromatic rings. The highest BCUT2D eigenvalue weighted by Gasteiger charge is 2.12. The summed E-state index contributed by atoms with van der Waals surface area (Å²) in [6, 6.07) is 8.26. The molecule has 0 bridgehead atoms. The molecule has 0 spiro atoms. The highest BCUT2D eigenvalue weighted by Crippen LogP contribution is 2.27. The van der Waals surface area contributed by atoms with Crippen molar-refractivity contribution in [3.8, 4) is 11.5 Å². The third-order valence-corrected chi connectivity index (χ3v) is 3.22. The van der Waals surface area contributed by atoms with Crippen molar-refractivity contribution in [2.24, 2.45) is 0 Å². The van der Waals surface area contributed by atoms with Crippen LogP contribution >= 0.6 is 0 Å². The quantitative estimate of drug-likeness (QED) is 0.319. The Morgan fingerprint density at radius 3 is 1.52 bits per heavy atom. The highest BCUT2D eigenvalue weighted by molar-refractivity contribution is 5.61. The molecule has 0 aliphatic heterocycles. The second kappa shape index (κ2) is 7.81. The summed E-state index contributed by atoms with van der Waals surface area (Å²) in [4.78, 5) is 20.2. The Morgan fingerprint density at radius 2 is 1.20 bits per heavy atom. The Bertz CT molecular complexity index is 730. The lowest BCUT2D eigenvalue weighted by Gasteiger charge is -2.09. The zero-order valence-corrected chi connectivity index (χ0v) is 13.1. The molecule has 10 heteroatoms.